The van der Waals surface area contributed by atoms with Crippen molar-refractivity contribution in [3.8, 4) is 0 Å². The summed E-state index contributed by atoms with van der Waals surface area (Å²) < 4.78 is 26.6. The predicted molar refractivity (Wildman–Crippen MR) is 90.0 cm³/mol. The van der Waals surface area contributed by atoms with Crippen LogP contribution in [0.4, 0.5) is 0 Å². The number of halogens is 1. The lowest BCUT2D eigenvalue weighted by molar-refractivity contribution is 0.0953. The Hall–Kier alpha value is -1.15. The van der Waals surface area contributed by atoms with Crippen molar-refractivity contribution in [1.82, 2.24) is 15.4 Å². The average molecular weight is 350 g/mol. The zero-order valence-electron chi connectivity index (χ0n) is 13.0. The van der Waals surface area contributed by atoms with Gasteiger partial charge in [-0.05, 0) is 38.6 Å². The Balaban J connectivity index is 0.00000441. The van der Waals surface area contributed by atoms with Crippen molar-refractivity contribution in [1.29, 1.82) is 0 Å². The van der Waals surface area contributed by atoms with Crippen molar-refractivity contribution in [2.75, 3.05) is 19.6 Å². The number of hydrogen-bond acceptors (Lipinski definition) is 4. The van der Waals surface area contributed by atoms with E-state index in [9.17, 15) is 13.2 Å². The molecule has 0 aliphatic heterocycles. The Morgan fingerprint density at radius 2 is 1.91 bits per heavy atom. The minimum Gasteiger partial charge on any atom is -0.351 e. The minimum atomic E-state index is -3.59. The second-order valence-electron chi connectivity index (χ2n) is 4.91. The van der Waals surface area contributed by atoms with Crippen LogP contribution in [0.25, 0.3) is 0 Å². The van der Waals surface area contributed by atoms with Gasteiger partial charge in [0, 0.05) is 24.7 Å². The highest BCUT2D eigenvalue weighted by atomic mass is 35.5. The summed E-state index contributed by atoms with van der Waals surface area (Å²) in [6.45, 7) is 7.48. The molecular weight excluding hydrogens is 326 g/mol. The van der Waals surface area contributed by atoms with Crippen molar-refractivity contribution in [2.24, 2.45) is 0 Å². The third kappa shape index (κ3) is 6.74. The van der Waals surface area contributed by atoms with Crippen molar-refractivity contribution in [3.63, 3.8) is 0 Å². The number of sulfonamides is 1. The van der Waals surface area contributed by atoms with Gasteiger partial charge in [-0.2, -0.15) is 0 Å². The Labute approximate surface area is 138 Å². The van der Waals surface area contributed by atoms with Crippen LogP contribution in [-0.2, 0) is 10.0 Å². The first-order valence-corrected chi connectivity index (χ1v) is 8.46. The van der Waals surface area contributed by atoms with Gasteiger partial charge >= 0.3 is 0 Å². The third-order valence-corrected chi connectivity index (χ3v) is 4.29. The average Bonchev–Trinajstić information content (AvgIpc) is 2.42. The van der Waals surface area contributed by atoms with Crippen LogP contribution >= 0.6 is 12.4 Å². The molecule has 6 nitrogen and oxygen atoms in total. The van der Waals surface area contributed by atoms with Crippen molar-refractivity contribution >= 4 is 28.3 Å². The first kappa shape index (κ1) is 20.9. The zero-order valence-corrected chi connectivity index (χ0v) is 14.7. The summed E-state index contributed by atoms with van der Waals surface area (Å²) in [6.07, 6.45) is 0. The normalized spacial score (nSPS) is 11.1. The van der Waals surface area contributed by atoms with E-state index >= 15 is 0 Å². The quantitative estimate of drug-likeness (QED) is 0.614. The summed E-state index contributed by atoms with van der Waals surface area (Å²) in [5.41, 5.74) is 0.332. The highest BCUT2D eigenvalue weighted by molar-refractivity contribution is 7.89. The van der Waals surface area contributed by atoms with Crippen LogP contribution in [0.2, 0.25) is 0 Å². The number of benzene rings is 1. The van der Waals surface area contributed by atoms with Crippen LogP contribution in [0.3, 0.4) is 0 Å². The maximum Gasteiger partial charge on any atom is 0.251 e. The molecule has 1 rings (SSSR count). The van der Waals surface area contributed by atoms with Gasteiger partial charge in [-0.25, -0.2) is 13.1 Å². The molecule has 0 bridgehead atoms. The monoisotopic (exact) mass is 349 g/mol. The molecule has 0 saturated carbocycles. The highest BCUT2D eigenvalue weighted by Gasteiger charge is 2.17. The van der Waals surface area contributed by atoms with E-state index in [4.69, 9.17) is 0 Å². The van der Waals surface area contributed by atoms with Crippen molar-refractivity contribution in [2.45, 2.75) is 31.7 Å². The van der Waals surface area contributed by atoms with E-state index in [-0.39, 0.29) is 29.3 Å². The molecule has 0 spiro atoms. The van der Waals surface area contributed by atoms with Crippen LogP contribution in [0, 0.1) is 0 Å². The van der Waals surface area contributed by atoms with Crippen LogP contribution < -0.4 is 15.4 Å². The van der Waals surface area contributed by atoms with E-state index < -0.39 is 10.0 Å². The SMILES string of the molecule is CCNCCNC(=O)c1cccc(S(=O)(=O)NC(C)C)c1.Cl. The molecule has 8 heteroatoms. The van der Waals surface area contributed by atoms with Crippen molar-refractivity contribution < 1.29 is 13.2 Å². The number of nitrogens with one attached hydrogen (secondary N) is 3. The minimum absolute atomic E-state index is 0. The van der Waals surface area contributed by atoms with Gasteiger partial charge < -0.3 is 10.6 Å². The molecule has 1 aromatic carbocycles. The third-order valence-electron chi connectivity index (χ3n) is 2.63. The van der Waals surface area contributed by atoms with Crippen LogP contribution in [0.5, 0.6) is 0 Å². The van der Waals surface area contributed by atoms with Gasteiger partial charge in [-0.1, -0.05) is 13.0 Å². The fourth-order valence-corrected chi connectivity index (χ4v) is 3.02. The Bertz CT molecular complexity index is 576. The topological polar surface area (TPSA) is 87.3 Å². The molecule has 0 atom stereocenters. The van der Waals surface area contributed by atoms with E-state index in [1.54, 1.807) is 26.0 Å². The standard InChI is InChI=1S/C14H23N3O3S.ClH/c1-4-15-8-9-16-14(18)12-6-5-7-13(10-12)21(19,20)17-11(2)3;/h5-7,10-11,15,17H,4,8-9H2,1-3H3,(H,16,18);1H. The van der Waals surface area contributed by atoms with Gasteiger partial charge in [0.1, 0.15) is 0 Å². The zero-order chi connectivity index (χ0) is 15.9. The molecule has 1 aromatic rings. The lowest BCUT2D eigenvalue weighted by Gasteiger charge is -2.11. The van der Waals surface area contributed by atoms with E-state index in [0.29, 0.717) is 18.7 Å². The summed E-state index contributed by atoms with van der Waals surface area (Å²) in [4.78, 5) is 12.0. The smallest absolute Gasteiger partial charge is 0.251 e. The van der Waals surface area contributed by atoms with Gasteiger partial charge in [-0.3, -0.25) is 4.79 Å². The molecule has 0 aliphatic rings. The molecule has 0 radical (unpaired) electrons. The second-order valence-corrected chi connectivity index (χ2v) is 6.63. The molecule has 22 heavy (non-hydrogen) atoms. The molecule has 0 saturated heterocycles. The van der Waals surface area contributed by atoms with Crippen LogP contribution in [0.15, 0.2) is 29.2 Å². The number of carbonyl (C=O) groups excluding carboxylic acids is 1. The summed E-state index contributed by atoms with van der Waals surface area (Å²) >= 11 is 0. The van der Waals surface area contributed by atoms with E-state index in [2.05, 4.69) is 15.4 Å². The van der Waals surface area contributed by atoms with Gasteiger partial charge in [-0.15, -0.1) is 12.4 Å². The maximum absolute atomic E-state index is 12.1. The number of hydrogen-bond donors (Lipinski definition) is 3. The summed E-state index contributed by atoms with van der Waals surface area (Å²) in [6, 6.07) is 5.81. The van der Waals surface area contributed by atoms with Crippen LogP contribution in [0.1, 0.15) is 31.1 Å². The fraction of sp³-hybridized carbons (Fsp3) is 0.500. The molecule has 0 fully saturated rings. The number of rotatable bonds is 8. The second kappa shape index (κ2) is 9.78. The van der Waals surface area contributed by atoms with Crippen molar-refractivity contribution in [3.05, 3.63) is 29.8 Å². The lowest BCUT2D eigenvalue weighted by atomic mass is 10.2. The Morgan fingerprint density at radius 3 is 2.50 bits per heavy atom. The van der Waals surface area contributed by atoms with Gasteiger partial charge in [0.15, 0.2) is 0 Å². The number of carbonyl (C=O) groups is 1. The van der Waals surface area contributed by atoms with E-state index in [0.717, 1.165) is 6.54 Å². The van der Waals surface area contributed by atoms with Crippen LogP contribution in [-0.4, -0.2) is 40.0 Å². The Morgan fingerprint density at radius 1 is 1.23 bits per heavy atom. The summed E-state index contributed by atoms with van der Waals surface area (Å²) in [7, 11) is -3.59. The summed E-state index contributed by atoms with van der Waals surface area (Å²) in [5, 5.41) is 5.83. The number of likely N-dealkylation sites (N-methyl/N-ethyl adjacent to an activating group) is 1. The Kier molecular flexibility index (Phi) is 9.27. The lowest BCUT2D eigenvalue weighted by Crippen LogP contribution is -2.32. The molecule has 1 amide bonds. The van der Waals surface area contributed by atoms with Gasteiger partial charge in [0.2, 0.25) is 10.0 Å². The molecule has 0 unspecified atom stereocenters. The molecule has 0 aliphatic carbocycles. The first-order valence-electron chi connectivity index (χ1n) is 6.98. The molecular formula is C14H24ClN3O3S. The molecule has 0 heterocycles. The summed E-state index contributed by atoms with van der Waals surface area (Å²) in [5.74, 6) is -0.283. The maximum atomic E-state index is 12.1. The van der Waals surface area contributed by atoms with E-state index in [1.807, 2.05) is 6.92 Å². The fourth-order valence-electron chi connectivity index (χ4n) is 1.73. The predicted octanol–water partition coefficient (Wildman–Crippen LogP) is 1.13. The number of amides is 1. The highest BCUT2D eigenvalue weighted by Crippen LogP contribution is 2.12. The first-order chi connectivity index (χ1) is 9.86. The van der Waals surface area contributed by atoms with Gasteiger partial charge in [0.25, 0.3) is 5.91 Å². The molecule has 0 aromatic heterocycles. The largest absolute Gasteiger partial charge is 0.351 e. The molecule has 126 valence electrons. The van der Waals surface area contributed by atoms with E-state index in [1.165, 1.54) is 12.1 Å². The van der Waals surface area contributed by atoms with Gasteiger partial charge in [0.05, 0.1) is 4.90 Å². The molecule has 3 N–H and O–H groups in total.